The number of urea groups is 1. The van der Waals surface area contributed by atoms with Crippen molar-refractivity contribution in [2.45, 2.75) is 20.0 Å². The lowest BCUT2D eigenvalue weighted by Crippen LogP contribution is -2.28. The summed E-state index contributed by atoms with van der Waals surface area (Å²) in [6.45, 7) is 2.79. The van der Waals surface area contributed by atoms with Crippen molar-refractivity contribution >= 4 is 11.7 Å². The number of halogens is 1. The lowest BCUT2D eigenvalue weighted by Gasteiger charge is -2.10. The molecule has 0 fully saturated rings. The topological polar surface area (TPSA) is 59.0 Å². The van der Waals surface area contributed by atoms with E-state index >= 15 is 0 Å². The molecule has 0 bridgehead atoms. The van der Waals surface area contributed by atoms with Crippen molar-refractivity contribution in [2.75, 3.05) is 5.32 Å². The van der Waals surface area contributed by atoms with Crippen LogP contribution in [0.5, 0.6) is 0 Å². The van der Waals surface area contributed by atoms with Gasteiger partial charge in [0.05, 0.1) is 6.33 Å². The van der Waals surface area contributed by atoms with E-state index in [1.165, 1.54) is 6.07 Å². The van der Waals surface area contributed by atoms with E-state index in [0.717, 1.165) is 17.7 Å². The Labute approximate surface area is 145 Å². The Morgan fingerprint density at radius 3 is 2.80 bits per heavy atom. The largest absolute Gasteiger partial charge is 0.334 e. The van der Waals surface area contributed by atoms with Crippen LogP contribution in [-0.4, -0.2) is 15.6 Å². The minimum atomic E-state index is -0.372. The minimum absolute atomic E-state index is 0.343. The molecule has 3 aromatic rings. The first-order chi connectivity index (χ1) is 12.1. The summed E-state index contributed by atoms with van der Waals surface area (Å²) in [6.07, 6.45) is 5.40. The molecular weight excluding hydrogens is 319 g/mol. The highest BCUT2D eigenvalue weighted by Gasteiger charge is 2.05. The molecule has 0 radical (unpaired) electrons. The number of anilines is 1. The Kier molecular flexibility index (Phi) is 5.09. The van der Waals surface area contributed by atoms with Gasteiger partial charge in [0, 0.05) is 31.2 Å². The standard InChI is InChI=1S/C19H19FN4O/c1-14-5-6-17(10-18(14)20)23-19(25)22-11-15-3-2-4-16(9-15)12-24-8-7-21-13-24/h2-10,13H,11-12H2,1H3,(H2,22,23,25). The van der Waals surface area contributed by atoms with E-state index in [-0.39, 0.29) is 11.8 Å². The van der Waals surface area contributed by atoms with Crippen LogP contribution in [0.4, 0.5) is 14.9 Å². The lowest BCUT2D eigenvalue weighted by molar-refractivity contribution is 0.251. The number of aromatic nitrogens is 2. The van der Waals surface area contributed by atoms with Crippen LogP contribution < -0.4 is 10.6 Å². The van der Waals surface area contributed by atoms with Crippen LogP contribution in [0, 0.1) is 12.7 Å². The van der Waals surface area contributed by atoms with Gasteiger partial charge in [-0.05, 0) is 35.7 Å². The average molecular weight is 338 g/mol. The molecule has 0 atom stereocenters. The molecule has 2 N–H and O–H groups in total. The summed E-state index contributed by atoms with van der Waals surface area (Å²) in [5.41, 5.74) is 3.08. The quantitative estimate of drug-likeness (QED) is 0.745. The second kappa shape index (κ2) is 7.61. The fraction of sp³-hybridized carbons (Fsp3) is 0.158. The lowest BCUT2D eigenvalue weighted by atomic mass is 10.1. The van der Waals surface area contributed by atoms with E-state index in [9.17, 15) is 9.18 Å². The maximum Gasteiger partial charge on any atom is 0.319 e. The monoisotopic (exact) mass is 338 g/mol. The number of carbonyl (C=O) groups is 1. The highest BCUT2D eigenvalue weighted by Crippen LogP contribution is 2.13. The molecule has 3 rings (SSSR count). The minimum Gasteiger partial charge on any atom is -0.334 e. The van der Waals surface area contributed by atoms with Crippen molar-refractivity contribution in [3.05, 3.63) is 83.7 Å². The summed E-state index contributed by atoms with van der Waals surface area (Å²) in [4.78, 5) is 16.0. The van der Waals surface area contributed by atoms with E-state index in [1.807, 2.05) is 35.0 Å². The summed E-state index contributed by atoms with van der Waals surface area (Å²) in [5, 5.41) is 5.40. The molecule has 128 valence electrons. The van der Waals surface area contributed by atoms with Gasteiger partial charge in [-0.2, -0.15) is 0 Å². The summed E-state index contributed by atoms with van der Waals surface area (Å²) in [7, 11) is 0. The number of imidazole rings is 1. The van der Waals surface area contributed by atoms with Gasteiger partial charge in [-0.1, -0.05) is 30.3 Å². The Bertz CT molecular complexity index is 862. The molecule has 0 saturated heterocycles. The second-order valence-corrected chi connectivity index (χ2v) is 5.83. The van der Waals surface area contributed by atoms with Crippen molar-refractivity contribution < 1.29 is 9.18 Å². The first kappa shape index (κ1) is 16.7. The third kappa shape index (κ3) is 4.67. The number of nitrogens with zero attached hydrogens (tertiary/aromatic N) is 2. The van der Waals surface area contributed by atoms with Crippen LogP contribution >= 0.6 is 0 Å². The summed E-state index contributed by atoms with van der Waals surface area (Å²) in [6, 6.07) is 12.2. The third-order valence-corrected chi connectivity index (χ3v) is 3.80. The van der Waals surface area contributed by atoms with Crippen LogP contribution in [0.15, 0.2) is 61.2 Å². The summed E-state index contributed by atoms with van der Waals surface area (Å²) < 4.78 is 15.5. The van der Waals surface area contributed by atoms with Gasteiger partial charge in [0.25, 0.3) is 0 Å². The van der Waals surface area contributed by atoms with Crippen LogP contribution in [0.3, 0.4) is 0 Å². The van der Waals surface area contributed by atoms with Gasteiger partial charge in [-0.25, -0.2) is 14.2 Å². The Hall–Kier alpha value is -3.15. The molecule has 1 heterocycles. The van der Waals surface area contributed by atoms with Crippen molar-refractivity contribution in [3.63, 3.8) is 0 Å². The number of aryl methyl sites for hydroxylation is 1. The molecular formula is C19H19FN4O. The van der Waals surface area contributed by atoms with Crippen molar-refractivity contribution in [2.24, 2.45) is 0 Å². The predicted octanol–water partition coefficient (Wildman–Crippen LogP) is 3.70. The van der Waals surface area contributed by atoms with Crippen molar-refractivity contribution in [3.8, 4) is 0 Å². The highest BCUT2D eigenvalue weighted by atomic mass is 19.1. The van der Waals surface area contributed by atoms with Crippen LogP contribution in [0.25, 0.3) is 0 Å². The van der Waals surface area contributed by atoms with Crippen molar-refractivity contribution in [1.29, 1.82) is 0 Å². The van der Waals surface area contributed by atoms with Crippen LogP contribution in [0.2, 0.25) is 0 Å². The average Bonchev–Trinajstić information content (AvgIpc) is 3.10. The summed E-state index contributed by atoms with van der Waals surface area (Å²) >= 11 is 0. The van der Waals surface area contributed by atoms with Gasteiger partial charge in [0.2, 0.25) is 0 Å². The number of amides is 2. The van der Waals surface area contributed by atoms with Gasteiger partial charge >= 0.3 is 6.03 Å². The molecule has 6 heteroatoms. The molecule has 0 unspecified atom stereocenters. The normalized spacial score (nSPS) is 10.5. The van der Waals surface area contributed by atoms with Gasteiger partial charge in [0.1, 0.15) is 5.82 Å². The zero-order valence-corrected chi connectivity index (χ0v) is 13.9. The Morgan fingerprint density at radius 2 is 2.04 bits per heavy atom. The smallest absolute Gasteiger partial charge is 0.319 e. The first-order valence-electron chi connectivity index (χ1n) is 7.95. The molecule has 0 saturated carbocycles. The molecule has 0 spiro atoms. The van der Waals surface area contributed by atoms with E-state index in [4.69, 9.17) is 0 Å². The molecule has 1 aromatic heterocycles. The van der Waals surface area contributed by atoms with Gasteiger partial charge < -0.3 is 15.2 Å². The predicted molar refractivity (Wildman–Crippen MR) is 94.8 cm³/mol. The Morgan fingerprint density at radius 1 is 1.20 bits per heavy atom. The summed E-state index contributed by atoms with van der Waals surface area (Å²) in [5.74, 6) is -0.343. The second-order valence-electron chi connectivity index (χ2n) is 5.83. The highest BCUT2D eigenvalue weighted by molar-refractivity contribution is 5.89. The number of hydrogen-bond donors (Lipinski definition) is 2. The zero-order valence-electron chi connectivity index (χ0n) is 13.9. The number of benzene rings is 2. The number of nitrogens with one attached hydrogen (secondary N) is 2. The molecule has 2 aromatic carbocycles. The maximum atomic E-state index is 13.5. The molecule has 0 aliphatic rings. The van der Waals surface area contributed by atoms with Crippen LogP contribution in [-0.2, 0) is 13.1 Å². The van der Waals surface area contributed by atoms with E-state index in [2.05, 4.69) is 15.6 Å². The number of carbonyl (C=O) groups excluding carboxylic acids is 1. The van der Waals surface area contributed by atoms with Gasteiger partial charge in [0.15, 0.2) is 0 Å². The molecule has 0 aliphatic heterocycles. The van der Waals surface area contributed by atoms with Crippen molar-refractivity contribution in [1.82, 2.24) is 14.9 Å². The molecule has 5 nitrogen and oxygen atoms in total. The van der Waals surface area contributed by atoms with Crippen LogP contribution in [0.1, 0.15) is 16.7 Å². The fourth-order valence-corrected chi connectivity index (χ4v) is 2.46. The SMILES string of the molecule is Cc1ccc(NC(=O)NCc2cccc(Cn3ccnc3)c2)cc1F. The zero-order chi connectivity index (χ0) is 17.6. The molecule has 25 heavy (non-hydrogen) atoms. The Balaban J connectivity index is 1.55. The molecule has 0 aliphatic carbocycles. The first-order valence-corrected chi connectivity index (χ1v) is 7.95. The number of rotatable bonds is 5. The van der Waals surface area contributed by atoms with E-state index < -0.39 is 0 Å². The maximum absolute atomic E-state index is 13.5. The number of hydrogen-bond acceptors (Lipinski definition) is 2. The van der Waals surface area contributed by atoms with Gasteiger partial charge in [-0.3, -0.25) is 0 Å². The third-order valence-electron chi connectivity index (χ3n) is 3.80. The fourth-order valence-electron chi connectivity index (χ4n) is 2.46. The molecule has 2 amide bonds. The van der Waals surface area contributed by atoms with Gasteiger partial charge in [-0.15, -0.1) is 0 Å². The van der Waals surface area contributed by atoms with E-state index in [1.54, 1.807) is 31.6 Å². The van der Waals surface area contributed by atoms with E-state index in [0.29, 0.717) is 17.8 Å².